The van der Waals surface area contributed by atoms with E-state index in [1.807, 2.05) is 80.0 Å². The van der Waals surface area contributed by atoms with Gasteiger partial charge in [-0.25, -0.2) is 9.78 Å². The molecule has 1 aliphatic heterocycles. The molecule has 7 N–H and O–H groups in total. The van der Waals surface area contributed by atoms with Crippen LogP contribution in [0.3, 0.4) is 0 Å². The van der Waals surface area contributed by atoms with Crippen LogP contribution in [0.4, 0.5) is 0 Å². The van der Waals surface area contributed by atoms with Gasteiger partial charge in [-0.05, 0) is 71.8 Å². The van der Waals surface area contributed by atoms with Crippen molar-refractivity contribution in [3.05, 3.63) is 118 Å². The van der Waals surface area contributed by atoms with Gasteiger partial charge in [0.15, 0.2) is 17.3 Å². The van der Waals surface area contributed by atoms with Gasteiger partial charge in [0, 0.05) is 78.3 Å². The van der Waals surface area contributed by atoms with E-state index in [1.54, 1.807) is 49.3 Å². The van der Waals surface area contributed by atoms with Crippen molar-refractivity contribution in [1.29, 1.82) is 0 Å². The summed E-state index contributed by atoms with van der Waals surface area (Å²) in [5.41, 5.74) is 5.96. The van der Waals surface area contributed by atoms with Crippen LogP contribution in [0.1, 0.15) is 185 Å². The number of carbonyl (C=O) groups excluding carboxylic acids is 4. The van der Waals surface area contributed by atoms with E-state index in [0.29, 0.717) is 35.6 Å². The lowest BCUT2D eigenvalue weighted by Gasteiger charge is -2.42. The summed E-state index contributed by atoms with van der Waals surface area (Å²) in [6.07, 6.45) is 20.7. The molecule has 354 valence electrons. The van der Waals surface area contributed by atoms with Crippen molar-refractivity contribution in [2.75, 3.05) is 0 Å². The van der Waals surface area contributed by atoms with Crippen LogP contribution in [-0.2, 0) is 9.59 Å². The van der Waals surface area contributed by atoms with E-state index in [4.69, 9.17) is 0 Å². The van der Waals surface area contributed by atoms with Crippen molar-refractivity contribution in [3.63, 3.8) is 0 Å². The second-order valence-electron chi connectivity index (χ2n) is 18.5. The Kier molecular flexibility index (Phi) is 25.3. The Bertz CT molecular complexity index is 2000. The van der Waals surface area contributed by atoms with Crippen molar-refractivity contribution in [2.24, 2.45) is 29.1 Å². The quantitative estimate of drug-likeness (QED) is 0.0672. The van der Waals surface area contributed by atoms with Gasteiger partial charge in [-0.3, -0.25) is 24.3 Å². The highest BCUT2D eigenvalue weighted by atomic mass is 16.2. The molecule has 1 saturated carbocycles. The molecule has 1 amide bonds. The molecule has 64 heavy (non-hydrogen) atoms. The molecule has 2 aliphatic rings. The van der Waals surface area contributed by atoms with Gasteiger partial charge < -0.3 is 30.2 Å². The molecule has 0 aromatic carbocycles. The number of amides is 1. The molecule has 0 atom stereocenters. The van der Waals surface area contributed by atoms with Crippen LogP contribution in [0.5, 0.6) is 0 Å². The van der Waals surface area contributed by atoms with Gasteiger partial charge in [0.25, 0.3) is 0 Å². The summed E-state index contributed by atoms with van der Waals surface area (Å²) in [5.74, 6) is 2.87. The minimum atomic E-state index is -0.126. The summed E-state index contributed by atoms with van der Waals surface area (Å²) in [5, 5.41) is 9.09. The average Bonchev–Trinajstić information content (AvgIpc) is 4.09. The lowest BCUT2D eigenvalue weighted by atomic mass is 9.64. The molecule has 5 aromatic heterocycles. The summed E-state index contributed by atoms with van der Waals surface area (Å²) < 4.78 is 0. The Morgan fingerprint density at radius 1 is 0.672 bits per heavy atom. The summed E-state index contributed by atoms with van der Waals surface area (Å²) in [4.78, 5) is 72.5. The molecular weight excluding hydrogens is 807 g/mol. The van der Waals surface area contributed by atoms with Gasteiger partial charge in [-0.15, -0.1) is 0 Å². The van der Waals surface area contributed by atoms with Crippen molar-refractivity contribution >= 4 is 23.3 Å². The first-order valence-electron chi connectivity index (χ1n) is 22.6. The minimum absolute atomic E-state index is 0.0100. The van der Waals surface area contributed by atoms with Crippen LogP contribution in [0.15, 0.2) is 84.5 Å². The van der Waals surface area contributed by atoms with Crippen LogP contribution in [0.25, 0.3) is 0 Å². The Morgan fingerprint density at radius 2 is 1.30 bits per heavy atom. The zero-order valence-electron chi connectivity index (χ0n) is 41.2. The SMILES string of the molecule is CC(C)C(=O)C1=CCC(=O)N1.CC(C)C(=O)c1cc[nH]c1.CC(C)C(=O)c1ccc[nH]1.CC(C)C1(C)CCC1.CC(C)c1c[nH]c(=O)[nH]1.CC(C)c1cn[nH]c1.CC(C)c1cnc[nH]1. The van der Waals surface area contributed by atoms with Crippen molar-refractivity contribution in [1.82, 2.24) is 45.4 Å². The van der Waals surface area contributed by atoms with Crippen molar-refractivity contribution in [2.45, 2.75) is 147 Å². The number of Topliss-reactive ketones (excluding diaryl/α,β-unsaturated/α-hetero) is 3. The van der Waals surface area contributed by atoms with Gasteiger partial charge >= 0.3 is 5.69 Å². The Morgan fingerprint density at radius 3 is 1.58 bits per heavy atom. The lowest BCUT2D eigenvalue weighted by molar-refractivity contribution is -0.122. The van der Waals surface area contributed by atoms with E-state index in [2.05, 4.69) is 93.9 Å². The summed E-state index contributed by atoms with van der Waals surface area (Å²) >= 11 is 0. The summed E-state index contributed by atoms with van der Waals surface area (Å²) in [6, 6.07) is 5.42. The molecule has 0 radical (unpaired) electrons. The molecule has 0 saturated heterocycles. The number of carbonyl (C=O) groups is 4. The molecule has 0 spiro atoms. The van der Waals surface area contributed by atoms with Crippen molar-refractivity contribution < 1.29 is 19.2 Å². The first kappa shape index (κ1) is 56.2. The molecule has 0 unspecified atom stereocenters. The molecule has 1 aliphatic carbocycles. The molecule has 14 heteroatoms. The van der Waals surface area contributed by atoms with E-state index >= 15 is 0 Å². The molecule has 6 heterocycles. The molecule has 7 rings (SSSR count). The number of hydrogen-bond donors (Lipinski definition) is 7. The number of nitrogens with one attached hydrogen (secondary N) is 7. The zero-order chi connectivity index (χ0) is 48.6. The van der Waals surface area contributed by atoms with E-state index in [9.17, 15) is 24.0 Å². The number of H-pyrrole nitrogens is 6. The maximum absolute atomic E-state index is 11.2. The van der Waals surface area contributed by atoms with E-state index in [0.717, 1.165) is 22.6 Å². The largest absolute Gasteiger partial charge is 0.367 e. The monoisotopic (exact) mass is 886 g/mol. The number of rotatable bonds is 10. The highest BCUT2D eigenvalue weighted by molar-refractivity contribution is 6.03. The van der Waals surface area contributed by atoms with Crippen LogP contribution in [0, 0.1) is 29.1 Å². The Labute approximate surface area is 381 Å². The fourth-order valence-electron chi connectivity index (χ4n) is 5.65. The highest BCUT2D eigenvalue weighted by Gasteiger charge is 2.34. The lowest BCUT2D eigenvalue weighted by Crippen LogP contribution is -2.30. The molecule has 14 nitrogen and oxygen atoms in total. The first-order valence-corrected chi connectivity index (χ1v) is 22.6. The average molecular weight is 886 g/mol. The van der Waals surface area contributed by atoms with Crippen molar-refractivity contribution in [3.8, 4) is 0 Å². The number of allylic oxidation sites excluding steroid dienone is 1. The summed E-state index contributed by atoms with van der Waals surface area (Å²) in [7, 11) is 0. The number of aromatic nitrogens is 8. The Hall–Kier alpha value is -5.79. The van der Waals surface area contributed by atoms with E-state index in [-0.39, 0.29) is 46.7 Å². The standard InChI is InChI=1S/C8H11NO2.2C8H11NO.C8H16.C6H10N2O.2C6H10N2/c1-5(2)8(11)6-3-4-7(10)9-6;1-6(2)8(10)7-3-4-9-5-7;1-6(2)8(10)7-4-3-5-9-7;1-7(2)8(3)5-4-6-8;1-4(2)5-3-7-6(9)8-5;1-5(2)6-3-7-4-8-6;1-5(2)6-3-7-8-4-6/h3,5H,4H2,1-2H3,(H,9,10);2*3-6,9H,1-2H3;7H,4-6H2,1-3H3;3-4H,1-2H3,(H2,7,8,9);2*3-5H,1-2H3,(H,7,8). The van der Waals surface area contributed by atoms with Gasteiger partial charge in [-0.2, -0.15) is 5.10 Å². The first-order chi connectivity index (χ1) is 30.0. The number of hydrogen-bond acceptors (Lipinski definition) is 7. The molecule has 5 aromatic rings. The second-order valence-corrected chi connectivity index (χ2v) is 18.5. The predicted octanol–water partition coefficient (Wildman–Crippen LogP) is 11.0. The zero-order valence-corrected chi connectivity index (χ0v) is 41.2. The normalized spacial score (nSPS) is 13.3. The van der Waals surface area contributed by atoms with Crippen LogP contribution >= 0.6 is 0 Å². The molecule has 0 bridgehead atoms. The predicted molar refractivity (Wildman–Crippen MR) is 258 cm³/mol. The fraction of sp³-hybridized carbons (Fsp3) is 0.540. The third kappa shape index (κ3) is 21.1. The maximum atomic E-state index is 11.2. The minimum Gasteiger partial charge on any atom is -0.367 e. The third-order valence-electron chi connectivity index (χ3n) is 10.8. The fourth-order valence-corrected chi connectivity index (χ4v) is 5.65. The highest BCUT2D eigenvalue weighted by Crippen LogP contribution is 2.46. The van der Waals surface area contributed by atoms with Gasteiger partial charge in [-0.1, -0.05) is 110 Å². The third-order valence-corrected chi connectivity index (χ3v) is 10.8. The van der Waals surface area contributed by atoms with Gasteiger partial charge in [0.1, 0.15) is 0 Å². The van der Waals surface area contributed by atoms with Gasteiger partial charge in [0.05, 0.1) is 23.9 Å². The van der Waals surface area contributed by atoms with Crippen LogP contribution in [0.2, 0.25) is 0 Å². The molecular formula is C50H79N9O5. The maximum Gasteiger partial charge on any atom is 0.323 e. The Balaban J connectivity index is 0.000000374. The van der Waals surface area contributed by atoms with E-state index < -0.39 is 0 Å². The second kappa shape index (κ2) is 28.8. The number of ketones is 3. The number of aromatic amines is 6. The van der Waals surface area contributed by atoms with Gasteiger partial charge in [0.2, 0.25) is 5.91 Å². The topological polar surface area (TPSA) is 218 Å². The summed E-state index contributed by atoms with van der Waals surface area (Å²) in [6.45, 7) is 30.9. The smallest absolute Gasteiger partial charge is 0.323 e. The molecule has 1 fully saturated rings. The van der Waals surface area contributed by atoms with Crippen LogP contribution < -0.4 is 11.0 Å². The number of imidazole rings is 2. The van der Waals surface area contributed by atoms with E-state index in [1.165, 1.54) is 30.5 Å². The van der Waals surface area contributed by atoms with Crippen LogP contribution in [-0.4, -0.2) is 63.4 Å². The number of nitrogens with zero attached hydrogens (tertiary/aromatic N) is 2.